The van der Waals surface area contributed by atoms with Gasteiger partial charge in [0, 0.05) is 30.9 Å². The molecule has 0 radical (unpaired) electrons. The molecule has 3 aliphatic heterocycles. The summed E-state index contributed by atoms with van der Waals surface area (Å²) in [5.74, 6) is -4.61. The zero-order chi connectivity index (χ0) is 43.1. The number of amides is 6. The summed E-state index contributed by atoms with van der Waals surface area (Å²) in [6.07, 6.45) is -1.97. The lowest BCUT2D eigenvalue weighted by Crippen LogP contribution is -2.56. The lowest BCUT2D eigenvalue weighted by molar-refractivity contribution is -0.188. The molecule has 3 aliphatic rings. The Morgan fingerprint density at radius 2 is 1.62 bits per heavy atom. The molecule has 0 bridgehead atoms. The van der Waals surface area contributed by atoms with Crippen LogP contribution in [0.5, 0.6) is 0 Å². The Morgan fingerprint density at radius 3 is 2.24 bits per heavy atom. The second kappa shape index (κ2) is 19.8. The van der Waals surface area contributed by atoms with Crippen LogP contribution in [0.25, 0.3) is 0 Å². The molecule has 18 nitrogen and oxygen atoms in total. The maximum Gasteiger partial charge on any atom is 0.311 e. The maximum atomic E-state index is 13.5. The number of nitrogens with zero attached hydrogens (tertiary/aromatic N) is 2. The Hall–Kier alpha value is -4.75. The number of hydrogen-bond acceptors (Lipinski definition) is 13. The molecule has 6 N–H and O–H groups in total. The minimum absolute atomic E-state index is 0.0679. The van der Waals surface area contributed by atoms with E-state index in [1.54, 1.807) is 59.7 Å². The van der Waals surface area contributed by atoms with Gasteiger partial charge in [-0.1, -0.05) is 19.9 Å². The molecule has 58 heavy (non-hydrogen) atoms. The Kier molecular flexibility index (Phi) is 15.7. The van der Waals surface area contributed by atoms with Crippen molar-refractivity contribution < 1.29 is 63.1 Å². The van der Waals surface area contributed by atoms with Gasteiger partial charge in [-0.2, -0.15) is 0 Å². The quantitative estimate of drug-likeness (QED) is 0.0875. The van der Waals surface area contributed by atoms with Crippen LogP contribution >= 0.6 is 0 Å². The summed E-state index contributed by atoms with van der Waals surface area (Å²) < 4.78 is 16.6. The first-order valence-electron chi connectivity index (χ1n) is 19.5. The van der Waals surface area contributed by atoms with Crippen LogP contribution in [-0.2, 0) is 60.8 Å². The fraction of sp³-hybridized carbons (Fsp3) is 0.625. The van der Waals surface area contributed by atoms with Crippen LogP contribution in [0.2, 0.25) is 0 Å². The first kappa shape index (κ1) is 45.9. The summed E-state index contributed by atoms with van der Waals surface area (Å²) in [6.45, 7) is 11.5. The predicted molar refractivity (Wildman–Crippen MR) is 206 cm³/mol. The number of esters is 1. The highest BCUT2D eigenvalue weighted by molar-refractivity contribution is 6.15. The van der Waals surface area contributed by atoms with E-state index < -0.39 is 108 Å². The van der Waals surface area contributed by atoms with Crippen LogP contribution in [0.4, 0.5) is 5.69 Å². The fourth-order valence-corrected chi connectivity index (χ4v) is 6.79. The number of aryl methyl sites for hydroxylation is 1. The summed E-state index contributed by atoms with van der Waals surface area (Å²) in [4.78, 5) is 93.0. The van der Waals surface area contributed by atoms with Gasteiger partial charge in [-0.05, 0) is 76.6 Å². The zero-order valence-electron chi connectivity index (χ0n) is 34.1. The van der Waals surface area contributed by atoms with Crippen LogP contribution < -0.4 is 16.0 Å². The van der Waals surface area contributed by atoms with E-state index in [0.717, 1.165) is 17.1 Å². The van der Waals surface area contributed by atoms with Crippen LogP contribution in [-0.4, -0.2) is 141 Å². The lowest BCUT2D eigenvalue weighted by atomic mass is 9.93. The second-order valence-corrected chi connectivity index (χ2v) is 16.2. The first-order chi connectivity index (χ1) is 27.2. The van der Waals surface area contributed by atoms with Crippen molar-refractivity contribution in [1.82, 2.24) is 20.4 Å². The molecule has 0 saturated carbocycles. The molecule has 4 rings (SSSR count). The number of aliphatic hydroxyl groups excluding tert-OH is 3. The number of anilines is 1. The summed E-state index contributed by atoms with van der Waals surface area (Å²) in [5, 5.41) is 38.5. The van der Waals surface area contributed by atoms with Gasteiger partial charge in [0.25, 0.3) is 11.8 Å². The van der Waals surface area contributed by atoms with Crippen molar-refractivity contribution in [2.24, 2.45) is 11.3 Å². The Bertz CT molecular complexity index is 1730. The lowest BCUT2D eigenvalue weighted by Gasteiger charge is -2.35. The van der Waals surface area contributed by atoms with Crippen molar-refractivity contribution in [3.05, 3.63) is 41.5 Å². The Morgan fingerprint density at radius 1 is 0.948 bits per heavy atom. The third-order valence-electron chi connectivity index (χ3n) is 10.3. The number of carbonyl (C=O) groups excluding carboxylic acids is 7. The molecular weight excluding hydrogens is 758 g/mol. The van der Waals surface area contributed by atoms with Crippen LogP contribution in [0.3, 0.4) is 0 Å². The van der Waals surface area contributed by atoms with E-state index in [2.05, 4.69) is 16.0 Å². The van der Waals surface area contributed by atoms with Crippen molar-refractivity contribution in [2.75, 3.05) is 31.7 Å². The van der Waals surface area contributed by atoms with E-state index in [-0.39, 0.29) is 39.1 Å². The first-order valence-corrected chi connectivity index (χ1v) is 19.5. The van der Waals surface area contributed by atoms with Gasteiger partial charge in [0.05, 0.1) is 37.3 Å². The van der Waals surface area contributed by atoms with Crippen molar-refractivity contribution in [3.8, 4) is 0 Å². The SMILES string of the molecule is CCOC[C@@H]1C[C@@H](N2C(=O)C=CC2=O)C(=O)N1CC(=O)N[C@H](C(=O)N[C@@H](C)C(=O)Nc1ccc(COC(=O)C(C)(C)C)c(CC[C@@H]2OC[C@@H](O)[C@H](O)[C@H]2O)c1)C(C)C. The smallest absolute Gasteiger partial charge is 0.311 e. The number of aliphatic hydroxyl groups is 3. The molecule has 1 aromatic carbocycles. The monoisotopic (exact) mass is 815 g/mol. The molecule has 1 aromatic rings. The Balaban J connectivity index is 1.40. The molecule has 3 heterocycles. The van der Waals surface area contributed by atoms with Gasteiger partial charge in [-0.25, -0.2) is 0 Å². The standard InChI is InChI=1S/C40H57N5O13/c1-8-56-19-26-16-27(45-31(48)13-14-32(45)49)38(54)44(26)17-30(47)43-33(21(2)3)37(53)41-22(4)36(52)42-25-11-9-24(18-58-39(55)40(5,6)7)23(15-25)10-12-29-35(51)34(50)28(46)20-57-29/h9,11,13-15,21-22,26-29,33-35,46,50-51H,8,10,12,16-20H2,1-7H3,(H,41,53)(H,42,52)(H,43,47)/t22-,26-,27+,28+,29-,33-,34-,35-/m0/s1. The van der Waals surface area contributed by atoms with Gasteiger partial charge in [-0.15, -0.1) is 0 Å². The topological polar surface area (TPSA) is 250 Å². The van der Waals surface area contributed by atoms with E-state index in [1.807, 2.05) is 0 Å². The fourth-order valence-electron chi connectivity index (χ4n) is 6.79. The van der Waals surface area contributed by atoms with Crippen LogP contribution in [0.15, 0.2) is 30.4 Å². The number of rotatable bonds is 17. The maximum absolute atomic E-state index is 13.5. The average Bonchev–Trinajstić information content (AvgIpc) is 3.65. The second-order valence-electron chi connectivity index (χ2n) is 16.2. The van der Waals surface area contributed by atoms with Crippen LogP contribution in [0, 0.1) is 11.3 Å². The summed E-state index contributed by atoms with van der Waals surface area (Å²) >= 11 is 0. The summed E-state index contributed by atoms with van der Waals surface area (Å²) in [5.41, 5.74) is 0.883. The number of likely N-dealkylation sites (tertiary alicyclic amines) is 1. The largest absolute Gasteiger partial charge is 0.460 e. The molecular formula is C40H57N5O13. The molecule has 2 fully saturated rings. The number of ether oxygens (including phenoxy) is 3. The zero-order valence-corrected chi connectivity index (χ0v) is 34.1. The molecule has 8 atom stereocenters. The molecule has 18 heteroatoms. The van der Waals surface area contributed by atoms with Crippen molar-refractivity contribution >= 4 is 47.1 Å². The van der Waals surface area contributed by atoms with Gasteiger partial charge >= 0.3 is 5.97 Å². The van der Waals surface area contributed by atoms with E-state index >= 15 is 0 Å². The molecule has 0 spiro atoms. The van der Waals surface area contributed by atoms with Crippen LogP contribution in [0.1, 0.15) is 72.4 Å². The van der Waals surface area contributed by atoms with E-state index in [4.69, 9.17) is 14.2 Å². The van der Waals surface area contributed by atoms with Crippen molar-refractivity contribution in [1.29, 1.82) is 0 Å². The van der Waals surface area contributed by atoms with Crippen molar-refractivity contribution in [3.63, 3.8) is 0 Å². The third-order valence-corrected chi connectivity index (χ3v) is 10.3. The molecule has 0 unspecified atom stereocenters. The van der Waals surface area contributed by atoms with Gasteiger partial charge in [0.15, 0.2) is 0 Å². The highest BCUT2D eigenvalue weighted by Gasteiger charge is 2.47. The predicted octanol–water partition coefficient (Wildman–Crippen LogP) is -0.295. The minimum Gasteiger partial charge on any atom is -0.460 e. The highest BCUT2D eigenvalue weighted by Crippen LogP contribution is 2.27. The number of hydrogen-bond donors (Lipinski definition) is 6. The van der Waals surface area contributed by atoms with E-state index in [0.29, 0.717) is 23.4 Å². The van der Waals surface area contributed by atoms with Gasteiger partial charge in [-0.3, -0.25) is 38.5 Å². The van der Waals surface area contributed by atoms with Gasteiger partial charge in [0.1, 0.15) is 43.0 Å². The molecule has 0 aromatic heterocycles. The van der Waals surface area contributed by atoms with E-state index in [1.165, 1.54) is 11.8 Å². The minimum atomic E-state index is -1.38. The van der Waals surface area contributed by atoms with Gasteiger partial charge in [0.2, 0.25) is 23.6 Å². The Labute approximate surface area is 337 Å². The third kappa shape index (κ3) is 11.5. The number of carbonyl (C=O) groups is 7. The number of nitrogens with one attached hydrogen (secondary N) is 3. The number of benzene rings is 1. The summed E-state index contributed by atoms with van der Waals surface area (Å²) in [7, 11) is 0. The normalized spacial score (nSPS) is 24.6. The average molecular weight is 816 g/mol. The number of imide groups is 1. The molecule has 6 amide bonds. The summed E-state index contributed by atoms with van der Waals surface area (Å²) in [6, 6.07) is 1.05. The molecule has 0 aliphatic carbocycles. The molecule has 320 valence electrons. The van der Waals surface area contributed by atoms with Gasteiger partial charge < -0.3 is 50.4 Å². The van der Waals surface area contributed by atoms with E-state index in [9.17, 15) is 48.9 Å². The molecule has 2 saturated heterocycles. The van der Waals surface area contributed by atoms with Crippen molar-refractivity contribution in [2.45, 2.75) is 123 Å². The highest BCUT2D eigenvalue weighted by atomic mass is 16.5.